The molecule has 0 fully saturated rings. The van der Waals surface area contributed by atoms with E-state index in [1.807, 2.05) is 32.0 Å². The molecule has 0 saturated heterocycles. The molecule has 0 aliphatic heterocycles. The average Bonchev–Trinajstić information content (AvgIpc) is 2.39. The fraction of sp³-hybridized carbons (Fsp3) is 0.571. The first-order chi connectivity index (χ1) is 8.71. The van der Waals surface area contributed by atoms with E-state index in [0.29, 0.717) is 6.61 Å². The molecule has 0 aromatic heterocycles. The number of aliphatic hydroxyl groups is 1. The number of likely N-dealkylation sites (N-methyl/N-ethyl adjacent to an activating group) is 1. The van der Waals surface area contributed by atoms with Gasteiger partial charge in [-0.15, -0.1) is 0 Å². The van der Waals surface area contributed by atoms with E-state index in [4.69, 9.17) is 14.6 Å². The third-order valence-corrected chi connectivity index (χ3v) is 2.76. The second-order valence-corrected chi connectivity index (χ2v) is 4.23. The molecule has 0 heterocycles. The number of ether oxygens (including phenoxy) is 2. The summed E-state index contributed by atoms with van der Waals surface area (Å²) in [6, 6.07) is 5.94. The van der Waals surface area contributed by atoms with Crippen LogP contribution in [-0.2, 0) is 0 Å². The van der Waals surface area contributed by atoms with Gasteiger partial charge in [-0.3, -0.25) is 0 Å². The fourth-order valence-electron chi connectivity index (χ4n) is 1.75. The van der Waals surface area contributed by atoms with E-state index in [1.165, 1.54) is 0 Å². The second kappa shape index (κ2) is 7.95. The summed E-state index contributed by atoms with van der Waals surface area (Å²) in [7, 11) is 1.64. The summed E-state index contributed by atoms with van der Waals surface area (Å²) in [6.45, 7) is 5.56. The number of hydrogen-bond donors (Lipinski definition) is 2. The predicted molar refractivity (Wildman–Crippen MR) is 72.4 cm³/mol. The molecule has 1 unspecified atom stereocenters. The van der Waals surface area contributed by atoms with Gasteiger partial charge in [0, 0.05) is 6.04 Å². The number of rotatable bonds is 8. The Bertz CT molecular complexity index is 355. The molecule has 1 atom stereocenters. The highest BCUT2D eigenvalue weighted by Gasteiger charge is 2.08. The zero-order valence-electron chi connectivity index (χ0n) is 11.4. The van der Waals surface area contributed by atoms with Crippen molar-refractivity contribution in [2.24, 2.45) is 0 Å². The largest absolute Gasteiger partial charge is 0.493 e. The zero-order valence-corrected chi connectivity index (χ0v) is 11.4. The van der Waals surface area contributed by atoms with Crippen molar-refractivity contribution in [2.75, 3.05) is 26.9 Å². The Labute approximate surface area is 109 Å². The van der Waals surface area contributed by atoms with Crippen LogP contribution in [0, 0.1) is 6.92 Å². The zero-order chi connectivity index (χ0) is 13.4. The van der Waals surface area contributed by atoms with E-state index >= 15 is 0 Å². The topological polar surface area (TPSA) is 50.7 Å². The molecule has 0 aliphatic rings. The quantitative estimate of drug-likeness (QED) is 0.741. The molecule has 0 aliphatic carbocycles. The molecule has 18 heavy (non-hydrogen) atoms. The Hall–Kier alpha value is -1.26. The lowest BCUT2D eigenvalue weighted by molar-refractivity contribution is 0.207. The monoisotopic (exact) mass is 253 g/mol. The molecule has 1 aromatic carbocycles. The van der Waals surface area contributed by atoms with Gasteiger partial charge in [0.05, 0.1) is 20.3 Å². The van der Waals surface area contributed by atoms with Crippen molar-refractivity contribution in [3.05, 3.63) is 23.8 Å². The Morgan fingerprint density at radius 3 is 2.72 bits per heavy atom. The number of benzene rings is 1. The Balaban J connectivity index is 2.47. The van der Waals surface area contributed by atoms with Gasteiger partial charge < -0.3 is 19.9 Å². The summed E-state index contributed by atoms with van der Waals surface area (Å²) in [4.78, 5) is 0. The van der Waals surface area contributed by atoms with Crippen LogP contribution in [-0.4, -0.2) is 38.0 Å². The maximum atomic E-state index is 9.15. The van der Waals surface area contributed by atoms with Crippen LogP contribution in [0.5, 0.6) is 11.5 Å². The maximum Gasteiger partial charge on any atom is 0.161 e. The molecule has 4 heteroatoms. The smallest absolute Gasteiger partial charge is 0.161 e. The first-order valence-corrected chi connectivity index (χ1v) is 6.33. The summed E-state index contributed by atoms with van der Waals surface area (Å²) in [5.74, 6) is 1.50. The fourth-order valence-corrected chi connectivity index (χ4v) is 1.75. The first-order valence-electron chi connectivity index (χ1n) is 6.33. The SMILES string of the molecule is CCNC(CO)CCOc1ccc(C)cc1OC. The molecule has 0 radical (unpaired) electrons. The Morgan fingerprint density at radius 2 is 2.11 bits per heavy atom. The lowest BCUT2D eigenvalue weighted by atomic mass is 10.2. The van der Waals surface area contributed by atoms with Crippen molar-refractivity contribution in [3.8, 4) is 11.5 Å². The molecule has 1 rings (SSSR count). The molecule has 0 amide bonds. The van der Waals surface area contributed by atoms with Crippen molar-refractivity contribution in [1.29, 1.82) is 0 Å². The van der Waals surface area contributed by atoms with Crippen LogP contribution < -0.4 is 14.8 Å². The molecule has 0 spiro atoms. The normalized spacial score (nSPS) is 12.2. The van der Waals surface area contributed by atoms with Crippen LogP contribution in [0.25, 0.3) is 0 Å². The summed E-state index contributed by atoms with van der Waals surface area (Å²) >= 11 is 0. The molecular weight excluding hydrogens is 230 g/mol. The van der Waals surface area contributed by atoms with Gasteiger partial charge in [-0.2, -0.15) is 0 Å². The van der Waals surface area contributed by atoms with E-state index in [0.717, 1.165) is 30.0 Å². The average molecular weight is 253 g/mol. The van der Waals surface area contributed by atoms with Gasteiger partial charge in [0.25, 0.3) is 0 Å². The highest BCUT2D eigenvalue weighted by Crippen LogP contribution is 2.27. The lowest BCUT2D eigenvalue weighted by Crippen LogP contribution is -2.33. The molecule has 1 aromatic rings. The van der Waals surface area contributed by atoms with E-state index < -0.39 is 0 Å². The minimum atomic E-state index is 0.0893. The van der Waals surface area contributed by atoms with Crippen LogP contribution in [0.2, 0.25) is 0 Å². The van der Waals surface area contributed by atoms with E-state index in [9.17, 15) is 0 Å². The summed E-state index contributed by atoms with van der Waals surface area (Å²) < 4.78 is 11.0. The van der Waals surface area contributed by atoms with E-state index in [-0.39, 0.29) is 12.6 Å². The molecule has 0 bridgehead atoms. The van der Waals surface area contributed by atoms with E-state index in [2.05, 4.69) is 5.32 Å². The van der Waals surface area contributed by atoms with Gasteiger partial charge >= 0.3 is 0 Å². The second-order valence-electron chi connectivity index (χ2n) is 4.23. The van der Waals surface area contributed by atoms with Gasteiger partial charge in [-0.25, -0.2) is 0 Å². The molecule has 2 N–H and O–H groups in total. The van der Waals surface area contributed by atoms with Gasteiger partial charge in [0.1, 0.15) is 0 Å². The van der Waals surface area contributed by atoms with Crippen LogP contribution in [0.4, 0.5) is 0 Å². The summed E-state index contributed by atoms with van der Waals surface area (Å²) in [5.41, 5.74) is 1.14. The highest BCUT2D eigenvalue weighted by atomic mass is 16.5. The summed E-state index contributed by atoms with van der Waals surface area (Å²) in [6.07, 6.45) is 0.765. The third-order valence-electron chi connectivity index (χ3n) is 2.76. The lowest BCUT2D eigenvalue weighted by Gasteiger charge is -2.16. The van der Waals surface area contributed by atoms with Crippen molar-refractivity contribution in [1.82, 2.24) is 5.32 Å². The first kappa shape index (κ1) is 14.8. The standard InChI is InChI=1S/C14H23NO3/c1-4-15-12(10-16)7-8-18-13-6-5-11(2)9-14(13)17-3/h5-6,9,12,15-16H,4,7-8,10H2,1-3H3. The third kappa shape index (κ3) is 4.55. The number of aryl methyl sites for hydroxylation is 1. The maximum absolute atomic E-state index is 9.15. The van der Waals surface area contributed by atoms with Crippen LogP contribution in [0.15, 0.2) is 18.2 Å². The minimum Gasteiger partial charge on any atom is -0.493 e. The van der Waals surface area contributed by atoms with Crippen LogP contribution >= 0.6 is 0 Å². The minimum absolute atomic E-state index is 0.0893. The number of aliphatic hydroxyl groups excluding tert-OH is 1. The van der Waals surface area contributed by atoms with Gasteiger partial charge in [-0.1, -0.05) is 13.0 Å². The van der Waals surface area contributed by atoms with Gasteiger partial charge in [-0.05, 0) is 37.6 Å². The number of hydrogen-bond acceptors (Lipinski definition) is 4. The van der Waals surface area contributed by atoms with Crippen molar-refractivity contribution >= 4 is 0 Å². The van der Waals surface area contributed by atoms with Crippen molar-refractivity contribution in [3.63, 3.8) is 0 Å². The van der Waals surface area contributed by atoms with Gasteiger partial charge in [0.15, 0.2) is 11.5 Å². The molecule has 0 saturated carbocycles. The Kier molecular flexibility index (Phi) is 6.54. The van der Waals surface area contributed by atoms with Crippen LogP contribution in [0.1, 0.15) is 18.9 Å². The Morgan fingerprint density at radius 1 is 1.33 bits per heavy atom. The van der Waals surface area contributed by atoms with Crippen LogP contribution in [0.3, 0.4) is 0 Å². The molecule has 102 valence electrons. The number of methoxy groups -OCH3 is 1. The van der Waals surface area contributed by atoms with Crippen molar-refractivity contribution in [2.45, 2.75) is 26.3 Å². The van der Waals surface area contributed by atoms with E-state index in [1.54, 1.807) is 7.11 Å². The number of nitrogens with one attached hydrogen (secondary N) is 1. The molecular formula is C14H23NO3. The summed E-state index contributed by atoms with van der Waals surface area (Å²) in [5, 5.41) is 12.3. The molecule has 4 nitrogen and oxygen atoms in total. The highest BCUT2D eigenvalue weighted by molar-refractivity contribution is 5.42. The van der Waals surface area contributed by atoms with Crippen molar-refractivity contribution < 1.29 is 14.6 Å². The predicted octanol–water partition coefficient (Wildman–Crippen LogP) is 1.74. The van der Waals surface area contributed by atoms with Gasteiger partial charge in [0.2, 0.25) is 0 Å².